The monoisotopic (exact) mass is 421 g/mol. The van der Waals surface area contributed by atoms with Crippen LogP contribution in [0.15, 0.2) is 42.5 Å². The summed E-state index contributed by atoms with van der Waals surface area (Å²) in [5.41, 5.74) is 1.22. The molecule has 0 spiro atoms. The second kappa shape index (κ2) is 7.76. The molecule has 2 fully saturated rings. The molecule has 8 nitrogen and oxygen atoms in total. The summed E-state index contributed by atoms with van der Waals surface area (Å²) in [6, 6.07) is 14.6. The molecule has 0 saturated carbocycles. The number of amides is 1. The summed E-state index contributed by atoms with van der Waals surface area (Å²) >= 11 is 0. The molecule has 3 aliphatic rings. The van der Waals surface area contributed by atoms with E-state index in [0.717, 1.165) is 11.3 Å². The number of nitrogens with zero attached hydrogens (tertiary/aromatic N) is 3. The van der Waals surface area contributed by atoms with Crippen molar-refractivity contribution in [2.45, 2.75) is 24.5 Å². The molecule has 2 saturated heterocycles. The number of piperidine rings is 1. The highest BCUT2D eigenvalue weighted by atomic mass is 16.7. The number of anilines is 1. The molecule has 1 unspecified atom stereocenters. The van der Waals surface area contributed by atoms with Gasteiger partial charge in [-0.2, -0.15) is 5.26 Å². The van der Waals surface area contributed by atoms with Gasteiger partial charge in [0.25, 0.3) is 0 Å². The molecule has 1 N–H and O–H groups in total. The first kappa shape index (κ1) is 19.7. The van der Waals surface area contributed by atoms with Crippen molar-refractivity contribution in [1.82, 2.24) is 4.90 Å². The van der Waals surface area contributed by atoms with Gasteiger partial charge in [-0.1, -0.05) is 6.07 Å². The van der Waals surface area contributed by atoms with E-state index in [-0.39, 0.29) is 19.0 Å². The third-order valence-electron chi connectivity index (χ3n) is 6.24. The number of hydrogen-bond acceptors (Lipinski definition) is 7. The SMILES string of the molecule is N#Cc1ccc(N2CC(CN3CCC(O)(c4ccc5c(c4)OCO5)CC3)OC2=O)cc1. The highest BCUT2D eigenvalue weighted by molar-refractivity contribution is 5.89. The summed E-state index contributed by atoms with van der Waals surface area (Å²) in [5, 5.41) is 20.1. The molecule has 0 bridgehead atoms. The minimum atomic E-state index is -0.904. The van der Waals surface area contributed by atoms with Gasteiger partial charge >= 0.3 is 6.09 Å². The van der Waals surface area contributed by atoms with Gasteiger partial charge < -0.3 is 19.3 Å². The molecule has 5 rings (SSSR count). The van der Waals surface area contributed by atoms with E-state index in [1.54, 1.807) is 29.2 Å². The molecule has 0 radical (unpaired) electrons. The number of likely N-dealkylation sites (tertiary alicyclic amines) is 1. The van der Waals surface area contributed by atoms with Crippen molar-refractivity contribution < 1.29 is 24.1 Å². The smallest absolute Gasteiger partial charge is 0.414 e. The Bertz CT molecular complexity index is 1020. The molecule has 3 aliphatic heterocycles. The summed E-state index contributed by atoms with van der Waals surface area (Å²) in [5.74, 6) is 1.38. The first-order chi connectivity index (χ1) is 15.0. The fourth-order valence-corrected chi connectivity index (χ4v) is 4.41. The van der Waals surface area contributed by atoms with Crippen molar-refractivity contribution in [2.75, 3.05) is 37.9 Å². The zero-order chi connectivity index (χ0) is 21.4. The van der Waals surface area contributed by atoms with Gasteiger partial charge in [0.1, 0.15) is 6.10 Å². The van der Waals surface area contributed by atoms with Crippen molar-refractivity contribution in [3.05, 3.63) is 53.6 Å². The first-order valence-electron chi connectivity index (χ1n) is 10.4. The highest BCUT2D eigenvalue weighted by Crippen LogP contribution is 2.39. The van der Waals surface area contributed by atoms with E-state index in [2.05, 4.69) is 11.0 Å². The summed E-state index contributed by atoms with van der Waals surface area (Å²) in [4.78, 5) is 16.1. The van der Waals surface area contributed by atoms with Gasteiger partial charge in [-0.05, 0) is 54.8 Å². The van der Waals surface area contributed by atoms with Crippen LogP contribution >= 0.6 is 0 Å². The maximum Gasteiger partial charge on any atom is 0.414 e. The largest absolute Gasteiger partial charge is 0.454 e. The number of aliphatic hydroxyl groups is 1. The van der Waals surface area contributed by atoms with E-state index in [1.165, 1.54) is 0 Å². The Balaban J connectivity index is 1.18. The zero-order valence-electron chi connectivity index (χ0n) is 17.0. The summed E-state index contributed by atoms with van der Waals surface area (Å²) in [6.07, 6.45) is 0.572. The average molecular weight is 421 g/mol. The molecule has 2 aromatic rings. The van der Waals surface area contributed by atoms with E-state index >= 15 is 0 Å². The highest BCUT2D eigenvalue weighted by Gasteiger charge is 2.38. The van der Waals surface area contributed by atoms with Crippen LogP contribution in [0.25, 0.3) is 0 Å². The number of carbonyl (C=O) groups is 1. The second-order valence-corrected chi connectivity index (χ2v) is 8.18. The normalized spacial score (nSPS) is 22.3. The number of carbonyl (C=O) groups excluding carboxylic acids is 1. The minimum Gasteiger partial charge on any atom is -0.454 e. The Morgan fingerprint density at radius 2 is 1.84 bits per heavy atom. The van der Waals surface area contributed by atoms with Gasteiger partial charge in [-0.3, -0.25) is 9.80 Å². The number of nitriles is 1. The minimum absolute atomic E-state index is 0.213. The van der Waals surface area contributed by atoms with Crippen LogP contribution in [-0.4, -0.2) is 55.2 Å². The third kappa shape index (κ3) is 3.78. The van der Waals surface area contributed by atoms with E-state index in [0.29, 0.717) is 56.1 Å². The number of ether oxygens (including phenoxy) is 3. The molecule has 0 aliphatic carbocycles. The Morgan fingerprint density at radius 1 is 1.10 bits per heavy atom. The summed E-state index contributed by atoms with van der Waals surface area (Å²) < 4.78 is 16.4. The molecule has 3 heterocycles. The predicted molar refractivity (Wildman–Crippen MR) is 111 cm³/mol. The predicted octanol–water partition coefficient (Wildman–Crippen LogP) is 2.60. The fraction of sp³-hybridized carbons (Fsp3) is 0.391. The quantitative estimate of drug-likeness (QED) is 0.811. The lowest BCUT2D eigenvalue weighted by Gasteiger charge is -2.39. The maximum absolute atomic E-state index is 12.3. The van der Waals surface area contributed by atoms with Crippen LogP contribution in [0.3, 0.4) is 0 Å². The van der Waals surface area contributed by atoms with Crippen molar-refractivity contribution >= 4 is 11.8 Å². The van der Waals surface area contributed by atoms with Crippen molar-refractivity contribution in [2.24, 2.45) is 0 Å². The van der Waals surface area contributed by atoms with E-state index in [9.17, 15) is 9.90 Å². The molecular weight excluding hydrogens is 398 g/mol. The lowest BCUT2D eigenvalue weighted by Crippen LogP contribution is -2.45. The second-order valence-electron chi connectivity index (χ2n) is 8.18. The number of rotatable bonds is 4. The van der Waals surface area contributed by atoms with Crippen LogP contribution in [0.5, 0.6) is 11.5 Å². The van der Waals surface area contributed by atoms with Gasteiger partial charge in [0.2, 0.25) is 6.79 Å². The van der Waals surface area contributed by atoms with Gasteiger partial charge in [-0.25, -0.2) is 4.79 Å². The number of hydrogen-bond donors (Lipinski definition) is 1. The van der Waals surface area contributed by atoms with Crippen molar-refractivity contribution in [1.29, 1.82) is 5.26 Å². The third-order valence-corrected chi connectivity index (χ3v) is 6.24. The molecule has 0 aromatic heterocycles. The van der Waals surface area contributed by atoms with Crippen LogP contribution < -0.4 is 14.4 Å². The lowest BCUT2D eigenvalue weighted by atomic mass is 9.84. The molecule has 1 atom stereocenters. The Kier molecular flexibility index (Phi) is 4.93. The summed E-state index contributed by atoms with van der Waals surface area (Å²) in [6.45, 7) is 2.71. The maximum atomic E-state index is 12.3. The molecule has 8 heteroatoms. The Hall–Kier alpha value is -3.28. The fourth-order valence-electron chi connectivity index (χ4n) is 4.41. The molecule has 31 heavy (non-hydrogen) atoms. The topological polar surface area (TPSA) is 95.3 Å². The number of benzene rings is 2. The average Bonchev–Trinajstić information content (AvgIpc) is 3.41. The van der Waals surface area contributed by atoms with Gasteiger partial charge in [-0.15, -0.1) is 0 Å². The van der Waals surface area contributed by atoms with Gasteiger partial charge in [0, 0.05) is 25.3 Å². The number of cyclic esters (lactones) is 1. The van der Waals surface area contributed by atoms with Crippen LogP contribution in [0, 0.1) is 11.3 Å². The Labute approximate surface area is 180 Å². The van der Waals surface area contributed by atoms with Crippen LogP contribution in [0.1, 0.15) is 24.0 Å². The number of fused-ring (bicyclic) bond motifs is 1. The van der Waals surface area contributed by atoms with Gasteiger partial charge in [0.15, 0.2) is 11.5 Å². The van der Waals surface area contributed by atoms with E-state index < -0.39 is 5.60 Å². The first-order valence-corrected chi connectivity index (χ1v) is 10.4. The standard InChI is InChI=1S/C23H23N3O5/c24-12-16-1-4-18(5-2-16)26-14-19(31-22(26)27)13-25-9-7-23(28,8-10-25)17-3-6-20-21(11-17)30-15-29-20/h1-6,11,19,28H,7-10,13-15H2. The molecule has 1 amide bonds. The summed E-state index contributed by atoms with van der Waals surface area (Å²) in [7, 11) is 0. The van der Waals surface area contributed by atoms with Crippen LogP contribution in [0.2, 0.25) is 0 Å². The van der Waals surface area contributed by atoms with Crippen LogP contribution in [-0.2, 0) is 10.3 Å². The van der Waals surface area contributed by atoms with Crippen LogP contribution in [0.4, 0.5) is 10.5 Å². The van der Waals surface area contributed by atoms with E-state index in [1.807, 2.05) is 18.2 Å². The zero-order valence-corrected chi connectivity index (χ0v) is 17.0. The van der Waals surface area contributed by atoms with Crippen molar-refractivity contribution in [3.8, 4) is 17.6 Å². The Morgan fingerprint density at radius 3 is 2.58 bits per heavy atom. The molecular formula is C23H23N3O5. The molecule has 160 valence electrons. The van der Waals surface area contributed by atoms with Gasteiger partial charge in [0.05, 0.1) is 23.8 Å². The van der Waals surface area contributed by atoms with Crippen molar-refractivity contribution in [3.63, 3.8) is 0 Å². The molecule has 2 aromatic carbocycles. The lowest BCUT2D eigenvalue weighted by molar-refractivity contribution is -0.0325. The van der Waals surface area contributed by atoms with E-state index in [4.69, 9.17) is 19.5 Å².